The molecule has 1 aromatic rings. The molecule has 0 aliphatic rings. The van der Waals surface area contributed by atoms with Crippen molar-refractivity contribution in [1.29, 1.82) is 0 Å². The van der Waals surface area contributed by atoms with E-state index in [4.69, 9.17) is 5.73 Å². The molecule has 1 unspecified atom stereocenters. The summed E-state index contributed by atoms with van der Waals surface area (Å²) >= 11 is 1.85. The van der Waals surface area contributed by atoms with E-state index in [9.17, 15) is 0 Å². The fraction of sp³-hybridized carbons (Fsp3) is 0.571. The van der Waals surface area contributed by atoms with Gasteiger partial charge >= 0.3 is 0 Å². The first-order valence-electron chi connectivity index (χ1n) is 3.62. The molecule has 3 N–H and O–H groups in total. The number of rotatable bonds is 4. The Morgan fingerprint density at radius 2 is 2.64 bits per heavy atom. The van der Waals surface area contributed by atoms with Gasteiger partial charge in [0.05, 0.1) is 6.20 Å². The van der Waals surface area contributed by atoms with Crippen molar-refractivity contribution in [3.8, 4) is 0 Å². The molecule has 0 radical (unpaired) electrons. The number of hydrogen-bond acceptors (Lipinski definition) is 3. The monoisotopic (exact) mass is 171 g/mol. The largest absolute Gasteiger partial charge is 0.329 e. The van der Waals surface area contributed by atoms with Crippen molar-refractivity contribution in [2.75, 3.05) is 6.54 Å². The number of nitrogens with one attached hydrogen (secondary N) is 1. The number of aromatic amines is 1. The molecule has 1 atom stereocenters. The molecule has 11 heavy (non-hydrogen) atoms. The lowest BCUT2D eigenvalue weighted by molar-refractivity contribution is 0.951. The van der Waals surface area contributed by atoms with E-state index in [1.807, 2.05) is 24.2 Å². The molecule has 1 aromatic heterocycles. The summed E-state index contributed by atoms with van der Waals surface area (Å²) in [6.45, 7) is 2.87. The molecule has 0 amide bonds. The number of nitrogens with zero attached hydrogens (tertiary/aromatic N) is 1. The van der Waals surface area contributed by atoms with Crippen molar-refractivity contribution in [2.24, 2.45) is 5.73 Å². The van der Waals surface area contributed by atoms with E-state index in [-0.39, 0.29) is 0 Å². The lowest BCUT2D eigenvalue weighted by Crippen LogP contribution is -2.12. The minimum Gasteiger partial charge on any atom is -0.329 e. The Kier molecular flexibility index (Phi) is 3.45. The maximum Gasteiger partial charge on any atom is 0.0527 e. The fourth-order valence-corrected chi connectivity index (χ4v) is 1.43. The third-order valence-electron chi connectivity index (χ3n) is 1.42. The van der Waals surface area contributed by atoms with Gasteiger partial charge in [-0.15, -0.1) is 0 Å². The minimum absolute atomic E-state index is 0.532. The third-order valence-corrected chi connectivity index (χ3v) is 2.68. The molecule has 3 nitrogen and oxygen atoms in total. The summed E-state index contributed by atoms with van der Waals surface area (Å²) in [5.74, 6) is 0.995. The second-order valence-electron chi connectivity index (χ2n) is 2.46. The van der Waals surface area contributed by atoms with E-state index >= 15 is 0 Å². The van der Waals surface area contributed by atoms with Gasteiger partial charge in [0.1, 0.15) is 0 Å². The van der Waals surface area contributed by atoms with Gasteiger partial charge in [-0.2, -0.15) is 16.9 Å². The Bertz CT molecular complexity index is 186. The predicted molar refractivity (Wildman–Crippen MR) is 48.4 cm³/mol. The summed E-state index contributed by atoms with van der Waals surface area (Å²) in [4.78, 5) is 0. The molecule has 1 heterocycles. The van der Waals surface area contributed by atoms with E-state index in [0.717, 1.165) is 12.3 Å². The highest BCUT2D eigenvalue weighted by Gasteiger charge is 2.00. The van der Waals surface area contributed by atoms with Crippen LogP contribution in [-0.4, -0.2) is 22.0 Å². The zero-order valence-electron chi connectivity index (χ0n) is 6.58. The first-order chi connectivity index (χ1) is 5.33. The summed E-state index contributed by atoms with van der Waals surface area (Å²) in [5, 5.41) is 7.17. The zero-order valence-corrected chi connectivity index (χ0v) is 7.40. The van der Waals surface area contributed by atoms with Crippen LogP contribution >= 0.6 is 11.8 Å². The third kappa shape index (κ3) is 2.95. The summed E-state index contributed by atoms with van der Waals surface area (Å²) in [5.41, 5.74) is 6.70. The standard InChI is InChI=1S/C7H13N3S/c1-6(2-8)11-5-7-3-9-10-4-7/h3-4,6H,2,5,8H2,1H3,(H,9,10). The molecule has 0 aliphatic carbocycles. The number of aromatic nitrogens is 2. The maximum absolute atomic E-state index is 5.47. The molecule has 0 aliphatic heterocycles. The van der Waals surface area contributed by atoms with Crippen LogP contribution in [0.25, 0.3) is 0 Å². The summed E-state index contributed by atoms with van der Waals surface area (Å²) < 4.78 is 0. The number of thioether (sulfide) groups is 1. The van der Waals surface area contributed by atoms with Crippen LogP contribution in [0.4, 0.5) is 0 Å². The SMILES string of the molecule is CC(CN)SCc1cn[nH]c1. The average molecular weight is 171 g/mol. The van der Waals surface area contributed by atoms with Crippen molar-refractivity contribution < 1.29 is 0 Å². The lowest BCUT2D eigenvalue weighted by atomic mass is 10.4. The molecule has 0 aromatic carbocycles. The van der Waals surface area contributed by atoms with Gasteiger partial charge < -0.3 is 5.73 Å². The maximum atomic E-state index is 5.47. The molecule has 0 fully saturated rings. The van der Waals surface area contributed by atoms with E-state index in [1.165, 1.54) is 5.56 Å². The zero-order chi connectivity index (χ0) is 8.10. The smallest absolute Gasteiger partial charge is 0.0527 e. The highest BCUT2D eigenvalue weighted by atomic mass is 32.2. The summed E-state index contributed by atoms with van der Waals surface area (Å²) in [7, 11) is 0. The van der Waals surface area contributed by atoms with Crippen LogP contribution in [0.1, 0.15) is 12.5 Å². The van der Waals surface area contributed by atoms with Gasteiger partial charge in [-0.25, -0.2) is 0 Å². The van der Waals surface area contributed by atoms with Crippen molar-refractivity contribution in [3.05, 3.63) is 18.0 Å². The van der Waals surface area contributed by atoms with Crippen LogP contribution in [0.15, 0.2) is 12.4 Å². The van der Waals surface area contributed by atoms with E-state index in [0.29, 0.717) is 5.25 Å². The Labute approximate surface area is 70.8 Å². The topological polar surface area (TPSA) is 54.7 Å². The molecular formula is C7H13N3S. The van der Waals surface area contributed by atoms with Gasteiger partial charge in [0.2, 0.25) is 0 Å². The molecule has 4 heteroatoms. The Morgan fingerprint density at radius 3 is 3.18 bits per heavy atom. The number of hydrogen-bond donors (Lipinski definition) is 2. The van der Waals surface area contributed by atoms with Gasteiger partial charge in [-0.3, -0.25) is 5.10 Å². The van der Waals surface area contributed by atoms with Crippen molar-refractivity contribution >= 4 is 11.8 Å². The van der Waals surface area contributed by atoms with Crippen LogP contribution in [0.3, 0.4) is 0 Å². The summed E-state index contributed by atoms with van der Waals surface area (Å²) in [6.07, 6.45) is 3.76. The average Bonchev–Trinajstić information content (AvgIpc) is 2.52. The van der Waals surface area contributed by atoms with Crippen molar-refractivity contribution in [3.63, 3.8) is 0 Å². The Morgan fingerprint density at radius 1 is 1.82 bits per heavy atom. The normalized spacial score (nSPS) is 13.3. The molecule has 0 saturated carbocycles. The van der Waals surface area contributed by atoms with E-state index in [1.54, 1.807) is 0 Å². The van der Waals surface area contributed by atoms with Crippen LogP contribution in [0.2, 0.25) is 0 Å². The summed E-state index contributed by atoms with van der Waals surface area (Å²) in [6, 6.07) is 0. The van der Waals surface area contributed by atoms with Gasteiger partial charge in [0.25, 0.3) is 0 Å². The molecule has 0 spiro atoms. The van der Waals surface area contributed by atoms with Crippen molar-refractivity contribution in [1.82, 2.24) is 10.2 Å². The van der Waals surface area contributed by atoms with Gasteiger partial charge in [0.15, 0.2) is 0 Å². The molecular weight excluding hydrogens is 158 g/mol. The van der Waals surface area contributed by atoms with E-state index < -0.39 is 0 Å². The van der Waals surface area contributed by atoms with Crippen LogP contribution in [0.5, 0.6) is 0 Å². The minimum atomic E-state index is 0.532. The van der Waals surface area contributed by atoms with E-state index in [2.05, 4.69) is 17.1 Å². The van der Waals surface area contributed by atoms with Crippen LogP contribution < -0.4 is 5.73 Å². The van der Waals surface area contributed by atoms with Crippen LogP contribution in [0, 0.1) is 0 Å². The van der Waals surface area contributed by atoms with Crippen molar-refractivity contribution in [2.45, 2.75) is 17.9 Å². The first-order valence-corrected chi connectivity index (χ1v) is 4.67. The number of H-pyrrole nitrogens is 1. The van der Waals surface area contributed by atoms with Gasteiger partial charge in [-0.1, -0.05) is 6.92 Å². The highest BCUT2D eigenvalue weighted by molar-refractivity contribution is 7.99. The highest BCUT2D eigenvalue weighted by Crippen LogP contribution is 2.15. The van der Waals surface area contributed by atoms with Gasteiger partial charge in [0, 0.05) is 23.7 Å². The number of nitrogens with two attached hydrogens (primary N) is 1. The molecule has 1 rings (SSSR count). The fourth-order valence-electron chi connectivity index (χ4n) is 0.663. The second kappa shape index (κ2) is 4.41. The lowest BCUT2D eigenvalue weighted by Gasteiger charge is -2.05. The van der Waals surface area contributed by atoms with Gasteiger partial charge in [-0.05, 0) is 5.56 Å². The molecule has 0 bridgehead atoms. The second-order valence-corrected chi connectivity index (χ2v) is 3.89. The molecule has 0 saturated heterocycles. The molecule has 62 valence electrons. The quantitative estimate of drug-likeness (QED) is 0.710. The van der Waals surface area contributed by atoms with Crippen LogP contribution in [-0.2, 0) is 5.75 Å². The predicted octanol–water partition coefficient (Wildman–Crippen LogP) is 0.990. The Hall–Kier alpha value is -0.480. The Balaban J connectivity index is 2.23. The first kappa shape index (κ1) is 8.62.